The Morgan fingerprint density at radius 3 is 0.949 bits per heavy atom. The molecule has 19 heteroatoms. The lowest BCUT2D eigenvalue weighted by Crippen LogP contribution is -2.30. The zero-order chi connectivity index (χ0) is 71.8. The first kappa shape index (κ1) is 93.2. The SMILES string of the molecule is CC/C=C\C/C=C\C/C=C\C/C=C\C/C=C\CC(=O)OCC(COP(=O)(O)OCC(O)COP(=O)(O)OCC(COC(=O)CCCC/C=C\C/C=C\C/C=C\C/C=C\CC)OC(=O)CCCCCCCCCCCCCCC)OC(=O)CCCCCCC/C=C\C/C=C\CCCCC. The third-order valence-corrected chi connectivity index (χ3v) is 17.0. The predicted molar refractivity (Wildman–Crippen MR) is 399 cm³/mol. The molecule has 0 aromatic rings. The fourth-order valence-corrected chi connectivity index (χ4v) is 11.1. The van der Waals surface area contributed by atoms with Crippen LogP contribution in [-0.2, 0) is 65.4 Å². The van der Waals surface area contributed by atoms with Crippen LogP contribution < -0.4 is 0 Å². The second-order valence-corrected chi connectivity index (χ2v) is 27.4. The number of carbonyl (C=O) groups excluding carboxylic acids is 4. The van der Waals surface area contributed by atoms with Crippen molar-refractivity contribution in [3.63, 3.8) is 0 Å². The van der Waals surface area contributed by atoms with Crippen molar-refractivity contribution >= 4 is 39.5 Å². The van der Waals surface area contributed by atoms with Crippen LogP contribution in [0.5, 0.6) is 0 Å². The van der Waals surface area contributed by atoms with E-state index in [0.717, 1.165) is 135 Å². The van der Waals surface area contributed by atoms with Crippen LogP contribution in [0.2, 0.25) is 0 Å². The van der Waals surface area contributed by atoms with Gasteiger partial charge in [0.1, 0.15) is 19.3 Å². The van der Waals surface area contributed by atoms with E-state index < -0.39 is 97.5 Å². The third-order valence-electron chi connectivity index (χ3n) is 15.1. The smallest absolute Gasteiger partial charge is 0.462 e. The summed E-state index contributed by atoms with van der Waals surface area (Å²) in [6, 6.07) is 0. The van der Waals surface area contributed by atoms with Crippen LogP contribution in [0.4, 0.5) is 0 Å². The highest BCUT2D eigenvalue weighted by molar-refractivity contribution is 7.47. The molecule has 0 fully saturated rings. The molecule has 0 aliphatic heterocycles. The molecule has 0 aromatic heterocycles. The first-order chi connectivity index (χ1) is 47.7. The minimum Gasteiger partial charge on any atom is -0.462 e. The van der Waals surface area contributed by atoms with Gasteiger partial charge in [-0.1, -0.05) is 271 Å². The number of ether oxygens (including phenoxy) is 4. The van der Waals surface area contributed by atoms with Gasteiger partial charge >= 0.3 is 39.5 Å². The Hall–Kier alpha value is -4.80. The summed E-state index contributed by atoms with van der Waals surface area (Å²) in [5.74, 6) is -2.39. The monoisotopic (exact) mass is 1410 g/mol. The number of rotatable bonds is 69. The van der Waals surface area contributed by atoms with Crippen molar-refractivity contribution in [3.05, 3.63) is 134 Å². The Balaban J connectivity index is 5.46. The molecular weight excluding hydrogens is 1280 g/mol. The Labute approximate surface area is 593 Å². The minimum atomic E-state index is -5.00. The van der Waals surface area contributed by atoms with Crippen molar-refractivity contribution in [1.82, 2.24) is 0 Å². The Bertz CT molecular complexity index is 2380. The normalized spacial score (nSPS) is 14.7. The summed E-state index contributed by atoms with van der Waals surface area (Å²) >= 11 is 0. The number of hydrogen-bond acceptors (Lipinski definition) is 15. The standard InChI is InChI=1S/C79H132O17P2/c1-5-9-13-17-21-25-29-33-36-40-43-47-51-55-59-63-76(81)89-69-74(95-78(83)65-61-57-53-49-45-39-32-28-24-20-16-12-8-4)71-93-97(85,86)91-67-73(80)68-92-98(87,88)94-72-75(96-79(84)66-62-58-54-50-46-42-38-35-31-27-23-19-15-11-7-3)70-90-77(82)64-60-56-52-48-44-41-37-34-30-26-22-18-14-10-6-2/h9-10,13-14,21-23,25-27,33-38,43-44,47-48,56,60,73-75,80H,5-8,11-12,15-20,24,28-32,39-42,45-46,49-55,57-59,61-72H2,1-4H3,(H,85,86)(H,87,88)/b13-9-,14-10-,25-21-,26-22-,27-23-,36-33-,37-34-,38-35-,47-43-,48-44-,60-56-. The fourth-order valence-electron chi connectivity index (χ4n) is 9.49. The van der Waals surface area contributed by atoms with E-state index in [2.05, 4.69) is 137 Å². The number of phosphoric ester groups is 2. The van der Waals surface area contributed by atoms with E-state index in [1.165, 1.54) is 70.6 Å². The van der Waals surface area contributed by atoms with Gasteiger partial charge in [0.05, 0.1) is 32.8 Å². The van der Waals surface area contributed by atoms with Crippen LogP contribution in [0.15, 0.2) is 134 Å². The molecule has 0 radical (unpaired) electrons. The zero-order valence-corrected chi connectivity index (χ0v) is 62.7. The Morgan fingerprint density at radius 2 is 0.571 bits per heavy atom. The van der Waals surface area contributed by atoms with Gasteiger partial charge in [-0.25, -0.2) is 9.13 Å². The van der Waals surface area contributed by atoms with Crippen molar-refractivity contribution in [2.45, 2.75) is 303 Å². The fraction of sp³-hybridized carbons (Fsp3) is 0.671. The van der Waals surface area contributed by atoms with E-state index in [0.29, 0.717) is 25.7 Å². The average Bonchev–Trinajstić information content (AvgIpc) is 1.04. The summed E-state index contributed by atoms with van der Waals surface area (Å²) in [4.78, 5) is 72.7. The lowest BCUT2D eigenvalue weighted by Gasteiger charge is -2.21. The van der Waals surface area contributed by atoms with Crippen molar-refractivity contribution in [1.29, 1.82) is 0 Å². The lowest BCUT2D eigenvalue weighted by molar-refractivity contribution is -0.161. The largest absolute Gasteiger partial charge is 0.472 e. The van der Waals surface area contributed by atoms with E-state index >= 15 is 0 Å². The van der Waals surface area contributed by atoms with Crippen molar-refractivity contribution in [2.75, 3.05) is 39.6 Å². The van der Waals surface area contributed by atoms with Crippen LogP contribution in [0.25, 0.3) is 0 Å². The molecule has 0 rings (SSSR count). The molecule has 5 atom stereocenters. The Morgan fingerprint density at radius 1 is 0.306 bits per heavy atom. The highest BCUT2D eigenvalue weighted by Gasteiger charge is 2.30. The number of aliphatic hydroxyl groups excluding tert-OH is 1. The molecule has 0 heterocycles. The van der Waals surface area contributed by atoms with Crippen molar-refractivity contribution < 1.29 is 80.2 Å². The van der Waals surface area contributed by atoms with Crippen LogP contribution in [0.3, 0.4) is 0 Å². The highest BCUT2D eigenvalue weighted by atomic mass is 31.2. The van der Waals surface area contributed by atoms with Gasteiger partial charge in [0, 0.05) is 19.3 Å². The first-order valence-electron chi connectivity index (χ1n) is 37.4. The summed E-state index contributed by atoms with van der Waals surface area (Å²) in [5.41, 5.74) is 0. The molecule has 0 amide bonds. The van der Waals surface area contributed by atoms with Crippen LogP contribution in [0.1, 0.15) is 285 Å². The first-order valence-corrected chi connectivity index (χ1v) is 40.4. The van der Waals surface area contributed by atoms with Gasteiger partial charge in [-0.3, -0.25) is 37.3 Å². The van der Waals surface area contributed by atoms with Gasteiger partial charge in [-0.15, -0.1) is 0 Å². The average molecular weight is 1420 g/mol. The molecule has 98 heavy (non-hydrogen) atoms. The highest BCUT2D eigenvalue weighted by Crippen LogP contribution is 2.45. The molecule has 0 saturated carbocycles. The van der Waals surface area contributed by atoms with Crippen LogP contribution >= 0.6 is 15.6 Å². The van der Waals surface area contributed by atoms with E-state index in [-0.39, 0.29) is 25.7 Å². The second-order valence-electron chi connectivity index (χ2n) is 24.5. The van der Waals surface area contributed by atoms with Crippen molar-refractivity contribution in [3.8, 4) is 0 Å². The topological polar surface area (TPSA) is 237 Å². The number of aliphatic hydroxyl groups is 1. The summed E-state index contributed by atoms with van der Waals surface area (Å²) in [5, 5.41) is 10.6. The van der Waals surface area contributed by atoms with E-state index in [9.17, 15) is 43.2 Å². The van der Waals surface area contributed by atoms with Gasteiger partial charge in [-0.05, 0) is 122 Å². The maximum absolute atomic E-state index is 13.1. The van der Waals surface area contributed by atoms with Gasteiger partial charge in [-0.2, -0.15) is 0 Å². The summed E-state index contributed by atoms with van der Waals surface area (Å²) in [6.07, 6.45) is 77.7. The maximum atomic E-state index is 13.1. The maximum Gasteiger partial charge on any atom is 0.472 e. The van der Waals surface area contributed by atoms with E-state index in [1.807, 2.05) is 18.2 Å². The molecule has 3 N–H and O–H groups in total. The van der Waals surface area contributed by atoms with E-state index in [1.54, 1.807) is 6.08 Å². The summed E-state index contributed by atoms with van der Waals surface area (Å²) in [6.45, 7) is 4.43. The number of esters is 4. The Kier molecular flexibility index (Phi) is 67.2. The van der Waals surface area contributed by atoms with Gasteiger partial charge in [0.15, 0.2) is 12.2 Å². The molecule has 17 nitrogen and oxygen atoms in total. The van der Waals surface area contributed by atoms with Crippen LogP contribution in [0, 0.1) is 0 Å². The molecule has 0 aliphatic carbocycles. The number of phosphoric acid groups is 2. The molecule has 0 spiro atoms. The minimum absolute atomic E-state index is 0.0558. The number of unbranched alkanes of at least 4 members (excludes halogenated alkanes) is 22. The van der Waals surface area contributed by atoms with Gasteiger partial charge in [0.2, 0.25) is 0 Å². The van der Waals surface area contributed by atoms with E-state index in [4.69, 9.17) is 37.0 Å². The van der Waals surface area contributed by atoms with Crippen LogP contribution in [-0.4, -0.2) is 96.7 Å². The quantitative estimate of drug-likeness (QED) is 0.0169. The molecule has 0 aromatic carbocycles. The summed E-state index contributed by atoms with van der Waals surface area (Å²) < 4.78 is 68.2. The lowest BCUT2D eigenvalue weighted by atomic mass is 10.0. The molecule has 0 saturated heterocycles. The number of allylic oxidation sites excluding steroid dienone is 21. The third kappa shape index (κ3) is 69.7. The summed E-state index contributed by atoms with van der Waals surface area (Å²) in [7, 11) is -9.99. The molecule has 5 unspecified atom stereocenters. The predicted octanol–water partition coefficient (Wildman–Crippen LogP) is 21.3. The molecule has 560 valence electrons. The van der Waals surface area contributed by atoms with Crippen molar-refractivity contribution in [2.24, 2.45) is 0 Å². The number of carbonyl (C=O) groups is 4. The second kappa shape index (κ2) is 70.6. The number of hydrogen-bond donors (Lipinski definition) is 3. The molecule has 0 aliphatic rings. The van der Waals surface area contributed by atoms with Gasteiger partial charge in [0.25, 0.3) is 0 Å². The molecule has 0 bridgehead atoms. The molecular formula is C79H132O17P2. The zero-order valence-electron chi connectivity index (χ0n) is 60.9. The van der Waals surface area contributed by atoms with Gasteiger partial charge < -0.3 is 33.8 Å².